The zero-order valence-electron chi connectivity index (χ0n) is 15.5. The van der Waals surface area contributed by atoms with Crippen LogP contribution in [0.4, 0.5) is 5.69 Å². The average Bonchev–Trinajstić information content (AvgIpc) is 3.24. The third kappa shape index (κ3) is 4.26. The first-order valence-corrected chi connectivity index (χ1v) is 10.4. The first-order valence-electron chi connectivity index (χ1n) is 9.17. The molecule has 2 heterocycles. The molecule has 0 unspecified atom stereocenters. The van der Waals surface area contributed by atoms with E-state index in [0.29, 0.717) is 42.5 Å². The minimum absolute atomic E-state index is 0.0572. The van der Waals surface area contributed by atoms with Crippen molar-refractivity contribution in [3.05, 3.63) is 70.2 Å². The second-order valence-corrected chi connectivity index (χ2v) is 8.03. The number of rotatable bonds is 4. The van der Waals surface area contributed by atoms with E-state index in [-0.39, 0.29) is 5.91 Å². The number of thiazole rings is 1. The van der Waals surface area contributed by atoms with Crippen LogP contribution in [-0.4, -0.2) is 47.9 Å². The van der Waals surface area contributed by atoms with E-state index >= 15 is 0 Å². The van der Waals surface area contributed by atoms with E-state index in [9.17, 15) is 9.59 Å². The number of benzene rings is 2. The summed E-state index contributed by atoms with van der Waals surface area (Å²) in [5, 5.41) is 3.22. The molecule has 1 aliphatic rings. The van der Waals surface area contributed by atoms with Crippen LogP contribution >= 0.6 is 22.9 Å². The SMILES string of the molecule is NC(=O)c1ccc(N2CCN(C(=O)c3csc(-c4cccc(Cl)c4)n3)CC2)cc1. The molecule has 0 aliphatic carbocycles. The summed E-state index contributed by atoms with van der Waals surface area (Å²) in [5.41, 5.74) is 8.16. The molecule has 148 valence electrons. The van der Waals surface area contributed by atoms with Crippen molar-refractivity contribution in [2.24, 2.45) is 5.73 Å². The van der Waals surface area contributed by atoms with Crippen molar-refractivity contribution >= 4 is 40.4 Å². The van der Waals surface area contributed by atoms with Gasteiger partial charge < -0.3 is 15.5 Å². The van der Waals surface area contributed by atoms with Crippen LogP contribution in [0.3, 0.4) is 0 Å². The van der Waals surface area contributed by atoms with Crippen molar-refractivity contribution in [3.8, 4) is 10.6 Å². The van der Waals surface area contributed by atoms with Gasteiger partial charge in [0.15, 0.2) is 0 Å². The van der Waals surface area contributed by atoms with E-state index in [1.54, 1.807) is 17.5 Å². The highest BCUT2D eigenvalue weighted by atomic mass is 35.5. The predicted octanol–water partition coefficient (Wildman–Crippen LogP) is 3.52. The minimum Gasteiger partial charge on any atom is -0.368 e. The predicted molar refractivity (Wildman–Crippen MR) is 116 cm³/mol. The number of carbonyl (C=O) groups excluding carboxylic acids is 2. The van der Waals surface area contributed by atoms with Gasteiger partial charge in [-0.05, 0) is 36.4 Å². The molecule has 0 spiro atoms. The molecule has 2 N–H and O–H groups in total. The second-order valence-electron chi connectivity index (χ2n) is 6.74. The van der Waals surface area contributed by atoms with Crippen LogP contribution in [0.2, 0.25) is 5.02 Å². The van der Waals surface area contributed by atoms with Gasteiger partial charge in [0.2, 0.25) is 5.91 Å². The molecule has 1 fully saturated rings. The van der Waals surface area contributed by atoms with E-state index in [0.717, 1.165) is 16.3 Å². The Morgan fingerprint density at radius 1 is 1.03 bits per heavy atom. The van der Waals surface area contributed by atoms with Crippen LogP contribution in [0.25, 0.3) is 10.6 Å². The van der Waals surface area contributed by atoms with Gasteiger partial charge in [-0.25, -0.2) is 4.98 Å². The highest BCUT2D eigenvalue weighted by Crippen LogP contribution is 2.27. The van der Waals surface area contributed by atoms with Crippen LogP contribution in [-0.2, 0) is 0 Å². The summed E-state index contributed by atoms with van der Waals surface area (Å²) in [4.78, 5) is 32.6. The van der Waals surface area contributed by atoms with Gasteiger partial charge in [-0.15, -0.1) is 11.3 Å². The van der Waals surface area contributed by atoms with Crippen LogP contribution in [0.1, 0.15) is 20.8 Å². The van der Waals surface area contributed by atoms with Gasteiger partial charge in [0.25, 0.3) is 5.91 Å². The second kappa shape index (κ2) is 8.23. The number of aromatic nitrogens is 1. The van der Waals surface area contributed by atoms with Crippen LogP contribution in [0, 0.1) is 0 Å². The monoisotopic (exact) mass is 426 g/mol. The summed E-state index contributed by atoms with van der Waals surface area (Å²) in [6.45, 7) is 2.65. The van der Waals surface area contributed by atoms with Crippen molar-refractivity contribution in [2.75, 3.05) is 31.1 Å². The van der Waals surface area contributed by atoms with E-state index in [2.05, 4.69) is 9.88 Å². The maximum atomic E-state index is 12.8. The number of hydrogen-bond acceptors (Lipinski definition) is 5. The minimum atomic E-state index is -0.438. The summed E-state index contributed by atoms with van der Waals surface area (Å²) < 4.78 is 0. The number of nitrogens with zero attached hydrogens (tertiary/aromatic N) is 3. The Labute approximate surface area is 177 Å². The highest BCUT2D eigenvalue weighted by molar-refractivity contribution is 7.13. The van der Waals surface area contributed by atoms with Crippen molar-refractivity contribution in [1.82, 2.24) is 9.88 Å². The maximum absolute atomic E-state index is 12.8. The smallest absolute Gasteiger partial charge is 0.273 e. The molecule has 29 heavy (non-hydrogen) atoms. The average molecular weight is 427 g/mol. The Kier molecular flexibility index (Phi) is 5.51. The van der Waals surface area contributed by atoms with Crippen LogP contribution < -0.4 is 10.6 Å². The van der Waals surface area contributed by atoms with E-state index in [4.69, 9.17) is 17.3 Å². The molecular weight excluding hydrogens is 408 g/mol. The van der Waals surface area contributed by atoms with Gasteiger partial charge in [-0.2, -0.15) is 0 Å². The number of piperazine rings is 1. The van der Waals surface area contributed by atoms with Gasteiger partial charge in [-0.1, -0.05) is 23.7 Å². The van der Waals surface area contributed by atoms with Gasteiger partial charge in [0, 0.05) is 53.4 Å². The Bertz CT molecular complexity index is 1040. The van der Waals surface area contributed by atoms with Crippen LogP contribution in [0.5, 0.6) is 0 Å². The number of hydrogen-bond donors (Lipinski definition) is 1. The summed E-state index contributed by atoms with van der Waals surface area (Å²) >= 11 is 7.49. The fourth-order valence-corrected chi connectivity index (χ4v) is 4.27. The Morgan fingerprint density at radius 3 is 2.41 bits per heavy atom. The standard InChI is InChI=1S/C21H19ClN4O2S/c22-16-3-1-2-15(12-16)20-24-18(13-29-20)21(28)26-10-8-25(9-11-26)17-6-4-14(5-7-17)19(23)27/h1-7,12-13H,8-11H2,(H2,23,27). The lowest BCUT2D eigenvalue weighted by Crippen LogP contribution is -2.48. The molecule has 0 radical (unpaired) electrons. The molecule has 0 bridgehead atoms. The zero-order valence-corrected chi connectivity index (χ0v) is 17.1. The number of halogens is 1. The van der Waals surface area contributed by atoms with Crippen molar-refractivity contribution in [2.45, 2.75) is 0 Å². The Balaban J connectivity index is 1.40. The molecule has 0 saturated carbocycles. The van der Waals surface area contributed by atoms with Gasteiger partial charge in [-0.3, -0.25) is 9.59 Å². The largest absolute Gasteiger partial charge is 0.368 e. The van der Waals surface area contributed by atoms with Gasteiger partial charge >= 0.3 is 0 Å². The van der Waals surface area contributed by atoms with E-state index in [1.165, 1.54) is 11.3 Å². The third-order valence-corrected chi connectivity index (χ3v) is 6.01. The molecule has 1 aliphatic heterocycles. The highest BCUT2D eigenvalue weighted by Gasteiger charge is 2.24. The molecule has 2 amide bonds. The lowest BCUT2D eigenvalue weighted by Gasteiger charge is -2.35. The first kappa shape index (κ1) is 19.4. The number of amides is 2. The molecule has 3 aromatic rings. The Morgan fingerprint density at radius 2 is 1.76 bits per heavy atom. The van der Waals surface area contributed by atoms with Crippen molar-refractivity contribution < 1.29 is 9.59 Å². The topological polar surface area (TPSA) is 79.5 Å². The molecule has 0 atom stereocenters. The van der Waals surface area contributed by atoms with E-state index in [1.807, 2.05) is 41.3 Å². The summed E-state index contributed by atoms with van der Waals surface area (Å²) in [6, 6.07) is 14.7. The van der Waals surface area contributed by atoms with Crippen molar-refractivity contribution in [1.29, 1.82) is 0 Å². The molecular formula is C21H19ClN4O2S. The van der Waals surface area contributed by atoms with Gasteiger partial charge in [0.05, 0.1) is 0 Å². The molecule has 1 aromatic heterocycles. The molecule has 4 rings (SSSR count). The molecule has 6 nitrogen and oxygen atoms in total. The lowest BCUT2D eigenvalue weighted by molar-refractivity contribution is 0.0741. The quantitative estimate of drug-likeness (QED) is 0.692. The maximum Gasteiger partial charge on any atom is 0.273 e. The van der Waals surface area contributed by atoms with Crippen LogP contribution in [0.15, 0.2) is 53.9 Å². The first-order chi connectivity index (χ1) is 14.0. The fraction of sp³-hybridized carbons (Fsp3) is 0.190. The van der Waals surface area contributed by atoms with Crippen molar-refractivity contribution in [3.63, 3.8) is 0 Å². The lowest BCUT2D eigenvalue weighted by atomic mass is 10.1. The zero-order chi connectivity index (χ0) is 20.4. The number of nitrogens with two attached hydrogens (primary N) is 1. The van der Waals surface area contributed by atoms with Gasteiger partial charge in [0.1, 0.15) is 10.7 Å². The fourth-order valence-electron chi connectivity index (χ4n) is 3.29. The summed E-state index contributed by atoms with van der Waals surface area (Å²) in [7, 11) is 0. The molecule has 1 saturated heterocycles. The van der Waals surface area contributed by atoms with E-state index < -0.39 is 5.91 Å². The summed E-state index contributed by atoms with van der Waals surface area (Å²) in [5.74, 6) is -0.495. The Hall–Kier alpha value is -2.90. The third-order valence-electron chi connectivity index (χ3n) is 4.88. The molecule has 8 heteroatoms. The summed E-state index contributed by atoms with van der Waals surface area (Å²) in [6.07, 6.45) is 0. The molecule has 2 aromatic carbocycles. The number of anilines is 1. The number of carbonyl (C=O) groups is 2. The number of primary amides is 1. The normalized spacial score (nSPS) is 14.1.